The Morgan fingerprint density at radius 1 is 0.903 bits per heavy atom. The van der Waals surface area contributed by atoms with Gasteiger partial charge in [0.05, 0.1) is 11.8 Å². The maximum atomic E-state index is 12.3. The first-order chi connectivity index (χ1) is 14.9. The smallest absolute Gasteiger partial charge is 0.343 e. The van der Waals surface area contributed by atoms with Crippen molar-refractivity contribution in [1.82, 2.24) is 5.43 Å². The molecule has 0 unspecified atom stereocenters. The highest BCUT2D eigenvalue weighted by Gasteiger charge is 2.13. The summed E-state index contributed by atoms with van der Waals surface area (Å²) in [5, 5.41) is 6.73. The van der Waals surface area contributed by atoms with Crippen LogP contribution < -0.4 is 15.5 Å². The third kappa shape index (κ3) is 6.50. The highest BCUT2D eigenvalue weighted by atomic mass is 79.9. The van der Waals surface area contributed by atoms with Gasteiger partial charge in [-0.2, -0.15) is 5.10 Å². The zero-order valence-electron chi connectivity index (χ0n) is 15.8. The number of para-hydroxylation sites is 1. The number of hydrogen-bond donors (Lipinski definition) is 2. The van der Waals surface area contributed by atoms with Gasteiger partial charge in [-0.15, -0.1) is 0 Å². The molecule has 0 fully saturated rings. The van der Waals surface area contributed by atoms with Gasteiger partial charge in [0.15, 0.2) is 0 Å². The first-order valence-electron chi connectivity index (χ1n) is 8.89. The average molecular weight is 501 g/mol. The van der Waals surface area contributed by atoms with Crippen molar-refractivity contribution in [3.63, 3.8) is 0 Å². The van der Waals surface area contributed by atoms with Gasteiger partial charge in [-0.05, 0) is 60.7 Å². The van der Waals surface area contributed by atoms with E-state index >= 15 is 0 Å². The molecule has 0 aliphatic carbocycles. The van der Waals surface area contributed by atoms with Crippen LogP contribution in [0.3, 0.4) is 0 Å². The van der Waals surface area contributed by atoms with E-state index in [9.17, 15) is 14.4 Å². The lowest BCUT2D eigenvalue weighted by Gasteiger charge is -2.07. The number of rotatable bonds is 5. The summed E-state index contributed by atoms with van der Waals surface area (Å²) in [6.45, 7) is 0. The molecule has 156 valence electrons. The molecule has 0 atom stereocenters. The molecule has 9 heteroatoms. The van der Waals surface area contributed by atoms with Gasteiger partial charge < -0.3 is 10.1 Å². The number of nitrogens with zero attached hydrogens (tertiary/aromatic N) is 1. The number of benzene rings is 3. The lowest BCUT2D eigenvalue weighted by Crippen LogP contribution is -2.32. The van der Waals surface area contributed by atoms with Gasteiger partial charge in [0, 0.05) is 20.7 Å². The number of carbonyl (C=O) groups is 3. The highest BCUT2D eigenvalue weighted by Crippen LogP contribution is 2.18. The second-order valence-corrected chi connectivity index (χ2v) is 7.45. The van der Waals surface area contributed by atoms with Crippen LogP contribution in [0.15, 0.2) is 82.4 Å². The van der Waals surface area contributed by atoms with Gasteiger partial charge in [0.25, 0.3) is 0 Å². The minimum Gasteiger partial charge on any atom is -0.422 e. The van der Waals surface area contributed by atoms with E-state index in [-0.39, 0.29) is 5.75 Å². The summed E-state index contributed by atoms with van der Waals surface area (Å²) in [5.74, 6) is -2.16. The van der Waals surface area contributed by atoms with E-state index in [0.29, 0.717) is 21.8 Å². The molecule has 0 saturated heterocycles. The Morgan fingerprint density at radius 2 is 1.58 bits per heavy atom. The van der Waals surface area contributed by atoms with E-state index in [1.165, 1.54) is 6.21 Å². The summed E-state index contributed by atoms with van der Waals surface area (Å²) < 4.78 is 6.24. The van der Waals surface area contributed by atoms with Crippen LogP contribution in [0, 0.1) is 0 Å². The number of hydrogen-bond acceptors (Lipinski definition) is 5. The lowest BCUT2D eigenvalue weighted by molar-refractivity contribution is -0.136. The highest BCUT2D eigenvalue weighted by molar-refractivity contribution is 9.10. The summed E-state index contributed by atoms with van der Waals surface area (Å²) >= 11 is 9.11. The van der Waals surface area contributed by atoms with E-state index in [1.807, 2.05) is 0 Å². The second-order valence-electron chi connectivity index (χ2n) is 6.09. The van der Waals surface area contributed by atoms with Gasteiger partial charge in [-0.3, -0.25) is 9.59 Å². The van der Waals surface area contributed by atoms with E-state index < -0.39 is 17.8 Å². The van der Waals surface area contributed by atoms with Crippen LogP contribution >= 0.6 is 27.5 Å². The van der Waals surface area contributed by atoms with Gasteiger partial charge in [-0.1, -0.05) is 39.7 Å². The van der Waals surface area contributed by atoms with E-state index in [2.05, 4.69) is 31.8 Å². The number of nitrogens with one attached hydrogen (secondary N) is 2. The van der Waals surface area contributed by atoms with Crippen molar-refractivity contribution >= 4 is 57.2 Å². The fourth-order valence-corrected chi connectivity index (χ4v) is 2.75. The second kappa shape index (κ2) is 10.5. The average Bonchev–Trinajstić information content (AvgIpc) is 2.76. The summed E-state index contributed by atoms with van der Waals surface area (Å²) in [4.78, 5) is 36.2. The molecule has 0 aliphatic rings. The molecule has 0 spiro atoms. The normalized spacial score (nSPS) is 10.5. The number of halogens is 2. The minimum atomic E-state index is -0.949. The Morgan fingerprint density at radius 3 is 2.29 bits per heavy atom. The minimum absolute atomic E-state index is 0.236. The quantitative estimate of drug-likeness (QED) is 0.178. The number of carbonyl (C=O) groups excluding carboxylic acids is 3. The van der Waals surface area contributed by atoms with E-state index in [4.69, 9.17) is 16.3 Å². The fourth-order valence-electron chi connectivity index (χ4n) is 2.36. The third-order valence-corrected chi connectivity index (χ3v) is 4.66. The Hall–Kier alpha value is -3.49. The van der Waals surface area contributed by atoms with Gasteiger partial charge in [-0.25, -0.2) is 10.2 Å². The van der Waals surface area contributed by atoms with Gasteiger partial charge in [0.2, 0.25) is 0 Å². The Kier molecular flexibility index (Phi) is 7.53. The molecule has 0 heterocycles. The molecule has 0 bridgehead atoms. The molecule has 0 saturated carbocycles. The predicted molar refractivity (Wildman–Crippen MR) is 121 cm³/mol. The van der Waals surface area contributed by atoms with Crippen LogP contribution in [0.4, 0.5) is 5.69 Å². The molecule has 7 nitrogen and oxygen atoms in total. The molecule has 3 aromatic carbocycles. The van der Waals surface area contributed by atoms with Gasteiger partial charge in [0.1, 0.15) is 5.75 Å². The molecule has 0 aliphatic heterocycles. The van der Waals surface area contributed by atoms with Crippen molar-refractivity contribution in [2.75, 3.05) is 5.32 Å². The Labute approximate surface area is 191 Å². The van der Waals surface area contributed by atoms with E-state index in [1.54, 1.807) is 72.8 Å². The van der Waals surface area contributed by atoms with Crippen molar-refractivity contribution in [3.8, 4) is 5.75 Å². The first-order valence-corrected chi connectivity index (χ1v) is 10.1. The van der Waals surface area contributed by atoms with E-state index in [0.717, 1.165) is 4.47 Å². The predicted octanol–water partition coefficient (Wildman–Crippen LogP) is 4.41. The first kappa shape index (κ1) is 22.2. The van der Waals surface area contributed by atoms with Crippen LogP contribution in [0.1, 0.15) is 15.9 Å². The SMILES string of the molecule is O=C(N/N=C\c1ccccc1OC(=O)c1ccc(Cl)cc1)C(=O)Nc1ccc(Br)cc1. The number of anilines is 1. The lowest BCUT2D eigenvalue weighted by atomic mass is 10.2. The Balaban J connectivity index is 1.61. The summed E-state index contributed by atoms with van der Waals surface area (Å²) in [6, 6.07) is 19.6. The van der Waals surface area contributed by atoms with Crippen LogP contribution in [0.2, 0.25) is 5.02 Å². The molecule has 0 aromatic heterocycles. The van der Waals surface area contributed by atoms with Gasteiger partial charge >= 0.3 is 17.8 Å². The largest absolute Gasteiger partial charge is 0.422 e. The standard InChI is InChI=1S/C22H15BrClN3O4/c23-16-7-11-18(12-8-16)26-20(28)21(29)27-25-13-15-3-1-2-4-19(15)31-22(30)14-5-9-17(24)10-6-14/h1-13H,(H,26,28)(H,27,29)/b25-13-. The third-order valence-electron chi connectivity index (χ3n) is 3.88. The summed E-state index contributed by atoms with van der Waals surface area (Å²) in [7, 11) is 0. The molecule has 3 aromatic rings. The molecular formula is C22H15BrClN3O4. The van der Waals surface area contributed by atoms with Crippen LogP contribution in [0.5, 0.6) is 5.75 Å². The molecule has 0 radical (unpaired) electrons. The molecule has 2 N–H and O–H groups in total. The zero-order chi connectivity index (χ0) is 22.2. The maximum absolute atomic E-state index is 12.3. The van der Waals surface area contributed by atoms with Crippen molar-refractivity contribution in [2.24, 2.45) is 5.10 Å². The topological polar surface area (TPSA) is 96.9 Å². The van der Waals surface area contributed by atoms with Crippen molar-refractivity contribution < 1.29 is 19.1 Å². The fraction of sp³-hybridized carbons (Fsp3) is 0. The molecular weight excluding hydrogens is 486 g/mol. The summed E-state index contributed by atoms with van der Waals surface area (Å²) in [5.41, 5.74) is 3.36. The summed E-state index contributed by atoms with van der Waals surface area (Å²) in [6.07, 6.45) is 1.27. The number of hydrazone groups is 1. The van der Waals surface area contributed by atoms with Crippen molar-refractivity contribution in [1.29, 1.82) is 0 Å². The monoisotopic (exact) mass is 499 g/mol. The van der Waals surface area contributed by atoms with Crippen molar-refractivity contribution in [2.45, 2.75) is 0 Å². The number of ether oxygens (including phenoxy) is 1. The molecule has 2 amide bonds. The van der Waals surface area contributed by atoms with Crippen molar-refractivity contribution in [3.05, 3.63) is 93.4 Å². The van der Waals surface area contributed by atoms with Crippen LogP contribution in [-0.2, 0) is 9.59 Å². The number of esters is 1. The van der Waals surface area contributed by atoms with Crippen LogP contribution in [-0.4, -0.2) is 24.0 Å². The van der Waals surface area contributed by atoms with Crippen LogP contribution in [0.25, 0.3) is 0 Å². The Bertz CT molecular complexity index is 1130. The molecule has 3 rings (SSSR count). The maximum Gasteiger partial charge on any atom is 0.343 e. The molecule has 31 heavy (non-hydrogen) atoms. The zero-order valence-corrected chi connectivity index (χ0v) is 18.2. The number of amides is 2.